The zero-order valence-corrected chi connectivity index (χ0v) is 10.6. The Morgan fingerprint density at radius 1 is 1.39 bits per heavy atom. The molecule has 18 heavy (non-hydrogen) atoms. The molecule has 0 aromatic heterocycles. The maximum atomic E-state index is 12.3. The van der Waals surface area contributed by atoms with Gasteiger partial charge in [-0.3, -0.25) is 4.79 Å². The molecule has 2 rings (SSSR count). The highest BCUT2D eigenvalue weighted by atomic mass is 16.5. The number of nitrogens with zero attached hydrogens (tertiary/aromatic N) is 1. The number of carbonyl (C=O) groups excluding carboxylic acids is 1. The third-order valence-corrected chi connectivity index (χ3v) is 3.08. The average Bonchev–Trinajstić information content (AvgIpc) is 2.46. The van der Waals surface area contributed by atoms with Gasteiger partial charge in [0, 0.05) is 31.8 Å². The average molecular weight is 246 g/mol. The monoisotopic (exact) mass is 246 g/mol. The van der Waals surface area contributed by atoms with Crippen LogP contribution in [0.3, 0.4) is 0 Å². The summed E-state index contributed by atoms with van der Waals surface area (Å²) in [7, 11) is 1.61. The van der Waals surface area contributed by atoms with Crippen LogP contribution in [-0.4, -0.2) is 44.1 Å². The van der Waals surface area contributed by atoms with E-state index < -0.39 is 0 Å². The van der Waals surface area contributed by atoms with Crippen LogP contribution in [0, 0.1) is 0 Å². The van der Waals surface area contributed by atoms with Crippen molar-refractivity contribution in [3.63, 3.8) is 0 Å². The Morgan fingerprint density at radius 3 is 2.78 bits per heavy atom. The van der Waals surface area contributed by atoms with E-state index in [0.29, 0.717) is 5.57 Å². The summed E-state index contributed by atoms with van der Waals surface area (Å²) in [5.74, 6) is 0.742. The Labute approximate surface area is 107 Å². The summed E-state index contributed by atoms with van der Waals surface area (Å²) in [5, 5.41) is 3.22. The molecule has 1 fully saturated rings. The molecule has 0 radical (unpaired) electrons. The number of benzene rings is 1. The van der Waals surface area contributed by atoms with Crippen molar-refractivity contribution in [1.29, 1.82) is 0 Å². The van der Waals surface area contributed by atoms with Gasteiger partial charge < -0.3 is 15.0 Å². The zero-order valence-electron chi connectivity index (χ0n) is 10.6. The summed E-state index contributed by atoms with van der Waals surface area (Å²) in [6.45, 7) is 7.07. The van der Waals surface area contributed by atoms with Crippen LogP contribution in [0.2, 0.25) is 0 Å². The van der Waals surface area contributed by atoms with Crippen molar-refractivity contribution >= 4 is 11.5 Å². The minimum atomic E-state index is 0.00440. The van der Waals surface area contributed by atoms with Crippen molar-refractivity contribution < 1.29 is 9.53 Å². The minimum absolute atomic E-state index is 0.00440. The fraction of sp³-hybridized carbons (Fsp3) is 0.357. The van der Waals surface area contributed by atoms with Crippen molar-refractivity contribution in [2.24, 2.45) is 0 Å². The molecule has 0 atom stereocenters. The number of ether oxygens (including phenoxy) is 1. The first-order chi connectivity index (χ1) is 8.72. The predicted octanol–water partition coefficient (Wildman–Crippen LogP) is 1.14. The Morgan fingerprint density at radius 2 is 2.11 bits per heavy atom. The van der Waals surface area contributed by atoms with Gasteiger partial charge in [-0.1, -0.05) is 18.7 Å². The van der Waals surface area contributed by atoms with E-state index in [4.69, 9.17) is 4.74 Å². The van der Waals surface area contributed by atoms with E-state index in [2.05, 4.69) is 11.9 Å². The van der Waals surface area contributed by atoms with Crippen molar-refractivity contribution in [2.75, 3.05) is 33.3 Å². The molecule has 1 aromatic carbocycles. The van der Waals surface area contributed by atoms with Crippen molar-refractivity contribution in [1.82, 2.24) is 10.2 Å². The van der Waals surface area contributed by atoms with Gasteiger partial charge in [0.15, 0.2) is 0 Å². The van der Waals surface area contributed by atoms with E-state index in [1.54, 1.807) is 7.11 Å². The molecular formula is C14H18N2O2. The van der Waals surface area contributed by atoms with Gasteiger partial charge in [-0.05, 0) is 17.7 Å². The van der Waals surface area contributed by atoms with Crippen LogP contribution < -0.4 is 10.1 Å². The molecule has 1 aromatic rings. The van der Waals surface area contributed by atoms with E-state index in [0.717, 1.165) is 37.5 Å². The lowest BCUT2D eigenvalue weighted by Gasteiger charge is -2.28. The first kappa shape index (κ1) is 12.6. The lowest BCUT2D eigenvalue weighted by Crippen LogP contribution is -2.46. The summed E-state index contributed by atoms with van der Waals surface area (Å²) in [6.07, 6.45) is 0. The highest BCUT2D eigenvalue weighted by Crippen LogP contribution is 2.20. The zero-order chi connectivity index (χ0) is 13.0. The second-order valence-corrected chi connectivity index (χ2v) is 4.25. The highest BCUT2D eigenvalue weighted by molar-refractivity contribution is 6.18. The summed E-state index contributed by atoms with van der Waals surface area (Å²) in [4.78, 5) is 14.1. The van der Waals surface area contributed by atoms with Crippen LogP contribution in [0.4, 0.5) is 0 Å². The first-order valence-corrected chi connectivity index (χ1v) is 6.05. The molecule has 0 spiro atoms. The second-order valence-electron chi connectivity index (χ2n) is 4.25. The number of hydrogen-bond donors (Lipinski definition) is 1. The van der Waals surface area contributed by atoms with Crippen LogP contribution in [0.5, 0.6) is 5.75 Å². The molecule has 1 aliphatic rings. The van der Waals surface area contributed by atoms with E-state index in [1.165, 1.54) is 0 Å². The smallest absolute Gasteiger partial charge is 0.253 e. The molecule has 0 saturated carbocycles. The van der Waals surface area contributed by atoms with Crippen molar-refractivity contribution in [3.05, 3.63) is 36.4 Å². The molecule has 0 bridgehead atoms. The molecule has 4 heteroatoms. The quantitative estimate of drug-likeness (QED) is 0.813. The fourth-order valence-electron chi connectivity index (χ4n) is 1.99. The van der Waals surface area contributed by atoms with Gasteiger partial charge in [0.25, 0.3) is 5.91 Å². The van der Waals surface area contributed by atoms with Crippen LogP contribution >= 0.6 is 0 Å². The topological polar surface area (TPSA) is 41.6 Å². The van der Waals surface area contributed by atoms with E-state index in [-0.39, 0.29) is 5.91 Å². The fourth-order valence-corrected chi connectivity index (χ4v) is 1.99. The number of carbonyl (C=O) groups is 1. The molecule has 1 amide bonds. The maximum absolute atomic E-state index is 12.3. The molecule has 1 heterocycles. The summed E-state index contributed by atoms with van der Waals surface area (Å²) in [5.41, 5.74) is 1.34. The summed E-state index contributed by atoms with van der Waals surface area (Å²) in [6, 6.07) is 7.43. The van der Waals surface area contributed by atoms with E-state index in [1.807, 2.05) is 29.2 Å². The molecule has 1 saturated heterocycles. The number of piperazine rings is 1. The number of methoxy groups -OCH3 is 1. The molecule has 4 nitrogen and oxygen atoms in total. The van der Waals surface area contributed by atoms with E-state index >= 15 is 0 Å². The Hall–Kier alpha value is -1.81. The Bertz CT molecular complexity index is 451. The van der Waals surface area contributed by atoms with Crippen LogP contribution in [0.25, 0.3) is 5.57 Å². The normalized spacial score (nSPS) is 15.3. The predicted molar refractivity (Wildman–Crippen MR) is 71.5 cm³/mol. The van der Waals surface area contributed by atoms with Gasteiger partial charge in [-0.2, -0.15) is 0 Å². The van der Waals surface area contributed by atoms with Gasteiger partial charge in [-0.25, -0.2) is 0 Å². The van der Waals surface area contributed by atoms with Crippen LogP contribution in [0.1, 0.15) is 5.56 Å². The number of rotatable bonds is 3. The standard InChI is InChI=1S/C14H18N2O2/c1-11(12-4-3-5-13(10-12)18-2)14(17)16-8-6-15-7-9-16/h3-5,10,15H,1,6-9H2,2H3. The molecular weight excluding hydrogens is 228 g/mol. The van der Waals surface area contributed by atoms with Crippen LogP contribution in [-0.2, 0) is 4.79 Å². The molecule has 1 N–H and O–H groups in total. The third-order valence-electron chi connectivity index (χ3n) is 3.08. The van der Waals surface area contributed by atoms with Gasteiger partial charge in [0.1, 0.15) is 5.75 Å². The van der Waals surface area contributed by atoms with Gasteiger partial charge >= 0.3 is 0 Å². The summed E-state index contributed by atoms with van der Waals surface area (Å²) < 4.78 is 5.15. The van der Waals surface area contributed by atoms with E-state index in [9.17, 15) is 4.79 Å². The third kappa shape index (κ3) is 2.71. The highest BCUT2D eigenvalue weighted by Gasteiger charge is 2.19. The molecule has 0 aliphatic carbocycles. The Balaban J connectivity index is 2.11. The second kappa shape index (κ2) is 5.69. The first-order valence-electron chi connectivity index (χ1n) is 6.05. The van der Waals surface area contributed by atoms with Gasteiger partial charge in [0.2, 0.25) is 0 Å². The lowest BCUT2D eigenvalue weighted by atomic mass is 10.1. The molecule has 96 valence electrons. The van der Waals surface area contributed by atoms with Gasteiger partial charge in [-0.15, -0.1) is 0 Å². The largest absolute Gasteiger partial charge is 0.497 e. The number of hydrogen-bond acceptors (Lipinski definition) is 3. The molecule has 0 unspecified atom stereocenters. The minimum Gasteiger partial charge on any atom is -0.497 e. The maximum Gasteiger partial charge on any atom is 0.253 e. The molecule has 1 aliphatic heterocycles. The lowest BCUT2D eigenvalue weighted by molar-refractivity contribution is -0.125. The van der Waals surface area contributed by atoms with Crippen LogP contribution in [0.15, 0.2) is 30.8 Å². The van der Waals surface area contributed by atoms with Gasteiger partial charge in [0.05, 0.1) is 7.11 Å². The number of amides is 1. The van der Waals surface area contributed by atoms with Crippen molar-refractivity contribution in [3.8, 4) is 5.75 Å². The Kier molecular flexibility index (Phi) is 3.99. The summed E-state index contributed by atoms with van der Waals surface area (Å²) >= 11 is 0. The SMILES string of the molecule is C=C(C(=O)N1CCNCC1)c1cccc(OC)c1. The number of nitrogens with one attached hydrogen (secondary N) is 1. The van der Waals surface area contributed by atoms with Crippen molar-refractivity contribution in [2.45, 2.75) is 0 Å².